The second kappa shape index (κ2) is 8.62. The van der Waals surface area contributed by atoms with Gasteiger partial charge in [0.2, 0.25) is 0 Å². The topological polar surface area (TPSA) is 77.3 Å². The Morgan fingerprint density at radius 2 is 1.86 bits per heavy atom. The summed E-state index contributed by atoms with van der Waals surface area (Å²) < 4.78 is 8.48. The summed E-state index contributed by atoms with van der Waals surface area (Å²) in [6.45, 7) is 6.41. The largest absolute Gasteiger partial charge is 0.492 e. The van der Waals surface area contributed by atoms with Crippen LogP contribution in [0.15, 0.2) is 35.1 Å². The molecule has 2 aromatic heterocycles. The first kappa shape index (κ1) is 22.0. The van der Waals surface area contributed by atoms with Gasteiger partial charge in [0.25, 0.3) is 0 Å². The molecule has 0 bridgehead atoms. The number of fused-ring (bicyclic) bond motifs is 4. The van der Waals surface area contributed by atoms with E-state index < -0.39 is 0 Å². The second-order valence-electron chi connectivity index (χ2n) is 9.92. The number of benzene rings is 2. The van der Waals surface area contributed by atoms with Crippen molar-refractivity contribution < 1.29 is 4.74 Å². The van der Waals surface area contributed by atoms with Crippen LogP contribution < -0.4 is 15.1 Å². The number of likely N-dealkylation sites (N-methyl/N-ethyl adjacent to an activating group) is 1. The molecule has 1 saturated heterocycles. The average Bonchev–Trinajstić information content (AvgIpc) is 3.53. The van der Waals surface area contributed by atoms with Crippen molar-refractivity contribution in [3.05, 3.63) is 46.1 Å². The number of nitrogens with zero attached hydrogens (tertiary/aromatic N) is 4. The Morgan fingerprint density at radius 1 is 1.09 bits per heavy atom. The Labute approximate surface area is 204 Å². The third kappa shape index (κ3) is 3.55. The molecule has 2 fully saturated rings. The molecule has 0 amide bonds. The summed E-state index contributed by atoms with van der Waals surface area (Å²) in [5.41, 5.74) is 4.35. The molecular weight excluding hydrogens is 438 g/mol. The predicted molar refractivity (Wildman–Crippen MR) is 141 cm³/mol. The highest BCUT2D eigenvalue weighted by atomic mass is 16.5. The molecule has 6 rings (SSSR count). The molecule has 1 aliphatic heterocycles. The van der Waals surface area contributed by atoms with E-state index in [0.717, 1.165) is 72.5 Å². The number of hydrogen-bond donors (Lipinski definition) is 1. The van der Waals surface area contributed by atoms with Crippen LogP contribution >= 0.6 is 0 Å². The van der Waals surface area contributed by atoms with Gasteiger partial charge in [0, 0.05) is 43.1 Å². The van der Waals surface area contributed by atoms with E-state index in [9.17, 15) is 10.1 Å². The molecule has 3 heterocycles. The second-order valence-corrected chi connectivity index (χ2v) is 9.92. The van der Waals surface area contributed by atoms with E-state index in [0.29, 0.717) is 29.0 Å². The van der Waals surface area contributed by atoms with E-state index in [-0.39, 0.29) is 5.43 Å². The van der Waals surface area contributed by atoms with E-state index in [1.807, 2.05) is 25.1 Å². The fourth-order valence-electron chi connectivity index (χ4n) is 5.96. The summed E-state index contributed by atoms with van der Waals surface area (Å²) >= 11 is 0. The van der Waals surface area contributed by atoms with Crippen molar-refractivity contribution in [2.75, 3.05) is 44.7 Å². The number of H-pyrrole nitrogens is 1. The Kier molecular flexibility index (Phi) is 5.42. The third-order valence-electron chi connectivity index (χ3n) is 7.79. The van der Waals surface area contributed by atoms with E-state index in [1.165, 1.54) is 12.8 Å². The van der Waals surface area contributed by atoms with Crippen molar-refractivity contribution >= 4 is 38.5 Å². The van der Waals surface area contributed by atoms with Crippen LogP contribution in [0.4, 0.5) is 5.69 Å². The van der Waals surface area contributed by atoms with Crippen LogP contribution in [-0.4, -0.2) is 54.3 Å². The zero-order chi connectivity index (χ0) is 24.1. The summed E-state index contributed by atoms with van der Waals surface area (Å²) in [4.78, 5) is 22.3. The van der Waals surface area contributed by atoms with E-state index in [1.54, 1.807) is 6.07 Å². The van der Waals surface area contributed by atoms with Crippen LogP contribution in [0.25, 0.3) is 32.8 Å². The van der Waals surface area contributed by atoms with Gasteiger partial charge in [-0.05, 0) is 51.1 Å². The zero-order valence-electron chi connectivity index (χ0n) is 20.4. The van der Waals surface area contributed by atoms with Crippen LogP contribution in [-0.2, 0) is 0 Å². The normalized spacial score (nSPS) is 17.6. The van der Waals surface area contributed by atoms with Gasteiger partial charge in [-0.2, -0.15) is 5.26 Å². The van der Waals surface area contributed by atoms with Gasteiger partial charge < -0.3 is 24.1 Å². The monoisotopic (exact) mass is 469 g/mol. The van der Waals surface area contributed by atoms with E-state index >= 15 is 0 Å². The number of nitriles is 1. The zero-order valence-corrected chi connectivity index (χ0v) is 20.4. The third-order valence-corrected chi connectivity index (χ3v) is 7.79. The van der Waals surface area contributed by atoms with Crippen molar-refractivity contribution in [2.24, 2.45) is 0 Å². The standard InChI is InChI=1S/C28H31N5O2/c1-3-35-25-15-21-23(16-24(25)32-12-10-31(2)11-13-32)33(19-6-4-5-7-19)28-26(27(21)34)20-9-8-18(17-29)14-22(20)30-28/h8-9,14-16,19,30H,3-7,10-13H2,1-2H3. The minimum Gasteiger partial charge on any atom is -0.492 e. The van der Waals surface area contributed by atoms with Crippen molar-refractivity contribution in [3.63, 3.8) is 0 Å². The van der Waals surface area contributed by atoms with Crippen molar-refractivity contribution in [1.29, 1.82) is 5.26 Å². The molecule has 7 nitrogen and oxygen atoms in total. The van der Waals surface area contributed by atoms with Gasteiger partial charge in [-0.3, -0.25) is 4.79 Å². The maximum absolute atomic E-state index is 14.0. The fourth-order valence-corrected chi connectivity index (χ4v) is 5.96. The van der Waals surface area contributed by atoms with Crippen molar-refractivity contribution in [3.8, 4) is 11.8 Å². The molecule has 7 heteroatoms. The Hall–Kier alpha value is -3.50. The summed E-state index contributed by atoms with van der Waals surface area (Å²) in [5.74, 6) is 0.783. The van der Waals surface area contributed by atoms with Crippen LogP contribution in [0, 0.1) is 11.3 Å². The Morgan fingerprint density at radius 3 is 2.57 bits per heavy atom. The number of nitrogens with one attached hydrogen (secondary N) is 1. The van der Waals surface area contributed by atoms with Gasteiger partial charge in [0.05, 0.1) is 40.2 Å². The first-order chi connectivity index (χ1) is 17.1. The molecule has 2 aliphatic rings. The Bertz CT molecular complexity index is 1530. The number of piperazine rings is 1. The molecule has 180 valence electrons. The molecule has 0 atom stereocenters. The molecule has 1 saturated carbocycles. The molecule has 0 radical (unpaired) electrons. The van der Waals surface area contributed by atoms with Gasteiger partial charge in [-0.15, -0.1) is 0 Å². The lowest BCUT2D eigenvalue weighted by Crippen LogP contribution is -2.44. The lowest BCUT2D eigenvalue weighted by atomic mass is 10.1. The Balaban J connectivity index is 1.69. The smallest absolute Gasteiger partial charge is 0.199 e. The van der Waals surface area contributed by atoms with E-state index in [2.05, 4.69) is 38.5 Å². The highest BCUT2D eigenvalue weighted by Gasteiger charge is 2.26. The quantitative estimate of drug-likeness (QED) is 0.466. The van der Waals surface area contributed by atoms with Crippen LogP contribution in [0.1, 0.15) is 44.2 Å². The maximum Gasteiger partial charge on any atom is 0.199 e. The summed E-state index contributed by atoms with van der Waals surface area (Å²) in [7, 11) is 2.16. The van der Waals surface area contributed by atoms with Crippen LogP contribution in [0.3, 0.4) is 0 Å². The van der Waals surface area contributed by atoms with Crippen molar-refractivity contribution in [1.82, 2.24) is 14.5 Å². The summed E-state index contributed by atoms with van der Waals surface area (Å²) in [6.07, 6.45) is 4.59. The summed E-state index contributed by atoms with van der Waals surface area (Å²) in [5, 5.41) is 11.7. The number of anilines is 1. The van der Waals surface area contributed by atoms with E-state index in [4.69, 9.17) is 4.74 Å². The van der Waals surface area contributed by atoms with Gasteiger partial charge >= 0.3 is 0 Å². The SMILES string of the molecule is CCOc1cc2c(=O)c3c4ccc(C#N)cc4[nH]c3n(C3CCCC3)c2cc1N1CCN(C)CC1. The minimum absolute atomic E-state index is 0.0195. The molecule has 1 aliphatic carbocycles. The molecule has 0 unspecified atom stereocenters. The predicted octanol–water partition coefficient (Wildman–Crippen LogP) is 4.77. The lowest BCUT2D eigenvalue weighted by Gasteiger charge is -2.35. The van der Waals surface area contributed by atoms with Crippen LogP contribution in [0.5, 0.6) is 5.75 Å². The lowest BCUT2D eigenvalue weighted by molar-refractivity contribution is 0.307. The molecule has 4 aromatic rings. The fraction of sp³-hybridized carbons (Fsp3) is 0.429. The van der Waals surface area contributed by atoms with Gasteiger partial charge in [-0.25, -0.2) is 0 Å². The minimum atomic E-state index is 0.0195. The number of aromatic nitrogens is 2. The first-order valence-electron chi connectivity index (χ1n) is 12.7. The molecular formula is C28H31N5O2. The summed E-state index contributed by atoms with van der Waals surface area (Å²) in [6, 6.07) is 12.3. The molecule has 1 N–H and O–H groups in total. The highest BCUT2D eigenvalue weighted by molar-refractivity contribution is 6.10. The van der Waals surface area contributed by atoms with Gasteiger partial charge in [0.1, 0.15) is 11.4 Å². The number of pyridine rings is 1. The molecule has 2 aromatic carbocycles. The van der Waals surface area contributed by atoms with Gasteiger partial charge in [-0.1, -0.05) is 18.9 Å². The molecule has 35 heavy (non-hydrogen) atoms. The van der Waals surface area contributed by atoms with Gasteiger partial charge in [0.15, 0.2) is 5.43 Å². The maximum atomic E-state index is 14.0. The number of ether oxygens (including phenoxy) is 1. The number of rotatable bonds is 4. The average molecular weight is 470 g/mol. The number of aromatic amines is 1. The van der Waals surface area contributed by atoms with Crippen molar-refractivity contribution in [2.45, 2.75) is 38.6 Å². The molecule has 0 spiro atoms. The van der Waals surface area contributed by atoms with Crippen LogP contribution in [0.2, 0.25) is 0 Å². The highest BCUT2D eigenvalue weighted by Crippen LogP contribution is 2.40. The number of hydrogen-bond acceptors (Lipinski definition) is 5. The first-order valence-corrected chi connectivity index (χ1v) is 12.7.